The van der Waals surface area contributed by atoms with Gasteiger partial charge in [0.25, 0.3) is 0 Å². The van der Waals surface area contributed by atoms with E-state index in [2.05, 4.69) is 25.7 Å². The quantitative estimate of drug-likeness (QED) is 0.692. The maximum atomic E-state index is 5.67. The van der Waals surface area contributed by atoms with E-state index in [1.165, 1.54) is 38.9 Å². The molecule has 1 saturated heterocycles. The molecule has 3 heteroatoms. The van der Waals surface area contributed by atoms with Gasteiger partial charge < -0.3 is 9.64 Å². The number of alkyl halides is 1. The number of hydrogen-bond acceptors (Lipinski definition) is 2. The SMILES string of the molecule is CC(C)(C)CCN1CCC(OCCCl)CC1. The molecule has 0 N–H and O–H groups in total. The van der Waals surface area contributed by atoms with Gasteiger partial charge >= 0.3 is 0 Å². The minimum Gasteiger partial charge on any atom is -0.377 e. The Labute approximate surface area is 105 Å². The van der Waals surface area contributed by atoms with Crippen LogP contribution in [-0.4, -0.2) is 43.1 Å². The topological polar surface area (TPSA) is 12.5 Å². The van der Waals surface area contributed by atoms with Crippen LogP contribution in [0.25, 0.3) is 0 Å². The molecule has 2 nitrogen and oxygen atoms in total. The van der Waals surface area contributed by atoms with Crippen LogP contribution >= 0.6 is 11.6 Å². The molecule has 0 aromatic rings. The molecule has 0 atom stereocenters. The highest BCUT2D eigenvalue weighted by atomic mass is 35.5. The Hall–Kier alpha value is 0.210. The van der Waals surface area contributed by atoms with Crippen molar-refractivity contribution in [3.05, 3.63) is 0 Å². The Morgan fingerprint density at radius 2 is 1.88 bits per heavy atom. The maximum Gasteiger partial charge on any atom is 0.0605 e. The summed E-state index contributed by atoms with van der Waals surface area (Å²) in [5, 5.41) is 0. The Morgan fingerprint density at radius 1 is 1.25 bits per heavy atom. The molecule has 0 amide bonds. The molecule has 0 aromatic heterocycles. The van der Waals surface area contributed by atoms with Gasteiger partial charge in [-0.1, -0.05) is 20.8 Å². The van der Waals surface area contributed by atoms with Crippen molar-refractivity contribution >= 4 is 11.6 Å². The van der Waals surface area contributed by atoms with Gasteiger partial charge in [-0.05, 0) is 31.2 Å². The van der Waals surface area contributed by atoms with Gasteiger partial charge in [0, 0.05) is 19.0 Å². The molecule has 96 valence electrons. The van der Waals surface area contributed by atoms with Gasteiger partial charge in [0.1, 0.15) is 0 Å². The number of piperidine rings is 1. The maximum absolute atomic E-state index is 5.67. The summed E-state index contributed by atoms with van der Waals surface area (Å²) in [7, 11) is 0. The lowest BCUT2D eigenvalue weighted by atomic mass is 9.91. The Bertz CT molecular complexity index is 183. The van der Waals surface area contributed by atoms with E-state index in [-0.39, 0.29) is 0 Å². The summed E-state index contributed by atoms with van der Waals surface area (Å²) >= 11 is 5.61. The van der Waals surface area contributed by atoms with Gasteiger partial charge in [0.05, 0.1) is 12.7 Å². The fraction of sp³-hybridized carbons (Fsp3) is 1.00. The molecule has 1 fully saturated rings. The van der Waals surface area contributed by atoms with Crippen LogP contribution in [0, 0.1) is 5.41 Å². The van der Waals surface area contributed by atoms with Crippen molar-refractivity contribution in [3.63, 3.8) is 0 Å². The summed E-state index contributed by atoms with van der Waals surface area (Å²) in [6.45, 7) is 11.2. The highest BCUT2D eigenvalue weighted by molar-refractivity contribution is 6.17. The zero-order chi connectivity index (χ0) is 12.0. The minimum atomic E-state index is 0.449. The largest absolute Gasteiger partial charge is 0.377 e. The van der Waals surface area contributed by atoms with E-state index >= 15 is 0 Å². The lowest BCUT2D eigenvalue weighted by Crippen LogP contribution is -2.38. The van der Waals surface area contributed by atoms with Gasteiger partial charge in [-0.2, -0.15) is 0 Å². The Kier molecular flexibility index (Phi) is 6.09. The van der Waals surface area contributed by atoms with Crippen molar-refractivity contribution < 1.29 is 4.74 Å². The zero-order valence-electron chi connectivity index (χ0n) is 11.0. The summed E-state index contributed by atoms with van der Waals surface area (Å²) < 4.78 is 5.67. The van der Waals surface area contributed by atoms with Crippen LogP contribution in [0.1, 0.15) is 40.0 Å². The molecular formula is C13H26ClNO. The van der Waals surface area contributed by atoms with Crippen molar-refractivity contribution in [2.75, 3.05) is 32.1 Å². The average Bonchev–Trinajstić information content (AvgIpc) is 2.24. The standard InChI is InChI=1S/C13H26ClNO/c1-13(2,3)6-10-15-8-4-12(5-9-15)16-11-7-14/h12H,4-11H2,1-3H3. The molecule has 0 aliphatic carbocycles. The number of ether oxygens (including phenoxy) is 1. The fourth-order valence-electron chi connectivity index (χ4n) is 2.00. The van der Waals surface area contributed by atoms with E-state index in [1.54, 1.807) is 0 Å². The van der Waals surface area contributed by atoms with Gasteiger partial charge in [-0.15, -0.1) is 11.6 Å². The normalized spacial score (nSPS) is 20.2. The van der Waals surface area contributed by atoms with Crippen LogP contribution in [0.15, 0.2) is 0 Å². The summed E-state index contributed by atoms with van der Waals surface area (Å²) in [4.78, 5) is 2.56. The molecular weight excluding hydrogens is 222 g/mol. The van der Waals surface area contributed by atoms with Crippen LogP contribution in [-0.2, 0) is 4.74 Å². The van der Waals surface area contributed by atoms with E-state index in [0.29, 0.717) is 24.0 Å². The minimum absolute atomic E-state index is 0.449. The van der Waals surface area contributed by atoms with Crippen molar-refractivity contribution in [3.8, 4) is 0 Å². The van der Waals surface area contributed by atoms with E-state index in [4.69, 9.17) is 16.3 Å². The molecule has 1 aliphatic heterocycles. The molecule has 1 rings (SSSR count). The second kappa shape index (κ2) is 6.83. The Balaban J connectivity index is 2.12. The second-order valence-corrected chi connectivity index (χ2v) is 6.29. The first-order chi connectivity index (χ1) is 7.51. The molecule has 1 aliphatic rings. The number of rotatable bonds is 5. The fourth-order valence-corrected chi connectivity index (χ4v) is 2.09. The molecule has 0 unspecified atom stereocenters. The number of hydrogen-bond donors (Lipinski definition) is 0. The van der Waals surface area contributed by atoms with Crippen LogP contribution in [0.3, 0.4) is 0 Å². The van der Waals surface area contributed by atoms with E-state index in [1.807, 2.05) is 0 Å². The molecule has 0 bridgehead atoms. The third kappa shape index (κ3) is 6.07. The summed E-state index contributed by atoms with van der Waals surface area (Å²) in [5.41, 5.74) is 0.450. The van der Waals surface area contributed by atoms with E-state index < -0.39 is 0 Å². The van der Waals surface area contributed by atoms with Crippen LogP contribution in [0.4, 0.5) is 0 Å². The Morgan fingerprint density at radius 3 is 2.38 bits per heavy atom. The number of halogens is 1. The van der Waals surface area contributed by atoms with Crippen molar-refractivity contribution in [1.29, 1.82) is 0 Å². The highest BCUT2D eigenvalue weighted by Crippen LogP contribution is 2.21. The van der Waals surface area contributed by atoms with Gasteiger partial charge in [0.15, 0.2) is 0 Å². The van der Waals surface area contributed by atoms with Crippen molar-refractivity contribution in [2.24, 2.45) is 5.41 Å². The van der Waals surface area contributed by atoms with Gasteiger partial charge in [-0.3, -0.25) is 0 Å². The lowest BCUT2D eigenvalue weighted by molar-refractivity contribution is 0.0134. The molecule has 16 heavy (non-hydrogen) atoms. The summed E-state index contributed by atoms with van der Waals surface area (Å²) in [6.07, 6.45) is 4.06. The molecule has 0 aromatic carbocycles. The first kappa shape index (κ1) is 14.3. The third-order valence-electron chi connectivity index (χ3n) is 3.14. The lowest BCUT2D eigenvalue weighted by Gasteiger charge is -2.33. The molecule has 0 spiro atoms. The summed E-state index contributed by atoms with van der Waals surface area (Å²) in [6, 6.07) is 0. The van der Waals surface area contributed by atoms with Crippen LogP contribution in [0.5, 0.6) is 0 Å². The third-order valence-corrected chi connectivity index (χ3v) is 3.30. The monoisotopic (exact) mass is 247 g/mol. The molecule has 0 saturated carbocycles. The predicted molar refractivity (Wildman–Crippen MR) is 70.2 cm³/mol. The van der Waals surface area contributed by atoms with Gasteiger partial charge in [0.2, 0.25) is 0 Å². The number of nitrogens with zero attached hydrogens (tertiary/aromatic N) is 1. The number of likely N-dealkylation sites (tertiary alicyclic amines) is 1. The van der Waals surface area contributed by atoms with Crippen molar-refractivity contribution in [1.82, 2.24) is 4.90 Å². The van der Waals surface area contributed by atoms with E-state index in [0.717, 1.165) is 0 Å². The first-order valence-corrected chi connectivity index (χ1v) is 6.94. The first-order valence-electron chi connectivity index (χ1n) is 6.41. The highest BCUT2D eigenvalue weighted by Gasteiger charge is 2.20. The molecule has 1 heterocycles. The van der Waals surface area contributed by atoms with E-state index in [9.17, 15) is 0 Å². The summed E-state index contributed by atoms with van der Waals surface area (Å²) in [5.74, 6) is 0.615. The van der Waals surface area contributed by atoms with Crippen LogP contribution in [0.2, 0.25) is 0 Å². The smallest absolute Gasteiger partial charge is 0.0605 e. The van der Waals surface area contributed by atoms with Gasteiger partial charge in [-0.25, -0.2) is 0 Å². The second-order valence-electron chi connectivity index (χ2n) is 5.91. The molecule has 0 radical (unpaired) electrons. The van der Waals surface area contributed by atoms with Crippen LogP contribution < -0.4 is 0 Å². The predicted octanol–water partition coefficient (Wildman–Crippen LogP) is 3.14. The van der Waals surface area contributed by atoms with Crippen molar-refractivity contribution in [2.45, 2.75) is 46.1 Å². The zero-order valence-corrected chi connectivity index (χ0v) is 11.7. The average molecular weight is 248 g/mol.